The summed E-state index contributed by atoms with van der Waals surface area (Å²) in [4.78, 5) is 19.4. The fourth-order valence-electron chi connectivity index (χ4n) is 3.95. The average molecular weight is 481 g/mol. The van der Waals surface area contributed by atoms with Crippen LogP contribution >= 0.6 is 22.7 Å². The van der Waals surface area contributed by atoms with Crippen molar-refractivity contribution in [1.29, 1.82) is 0 Å². The van der Waals surface area contributed by atoms with E-state index in [2.05, 4.69) is 35.5 Å². The van der Waals surface area contributed by atoms with E-state index in [0.717, 1.165) is 43.4 Å². The number of aryl methyl sites for hydroxylation is 2. The molecule has 6 aromatic rings. The van der Waals surface area contributed by atoms with Crippen LogP contribution in [0.1, 0.15) is 20.9 Å². The molecule has 5 nitrogen and oxygen atoms in total. The summed E-state index contributed by atoms with van der Waals surface area (Å²) in [7, 11) is 0. The van der Waals surface area contributed by atoms with Gasteiger partial charge in [-0.05, 0) is 74.0 Å². The third kappa shape index (κ3) is 3.69. The molecule has 3 aromatic heterocycles. The van der Waals surface area contributed by atoms with Gasteiger partial charge in [0.15, 0.2) is 0 Å². The average Bonchev–Trinajstić information content (AvgIpc) is 3.55. The number of aromatic nitrogens is 3. The molecule has 0 saturated carbocycles. The topological polar surface area (TPSA) is 59.8 Å². The van der Waals surface area contributed by atoms with Crippen LogP contribution in [0.25, 0.3) is 36.7 Å². The van der Waals surface area contributed by atoms with Gasteiger partial charge in [-0.2, -0.15) is 5.10 Å². The van der Waals surface area contributed by atoms with Crippen molar-refractivity contribution in [2.75, 3.05) is 5.32 Å². The van der Waals surface area contributed by atoms with Crippen molar-refractivity contribution in [2.45, 2.75) is 13.8 Å². The Hall–Kier alpha value is -3.81. The van der Waals surface area contributed by atoms with E-state index in [0.29, 0.717) is 4.88 Å². The number of benzene rings is 3. The predicted molar refractivity (Wildman–Crippen MR) is 141 cm³/mol. The largest absolute Gasteiger partial charge is 0.321 e. The third-order valence-corrected chi connectivity index (χ3v) is 7.88. The maximum Gasteiger partial charge on any atom is 0.265 e. The zero-order valence-corrected chi connectivity index (χ0v) is 20.2. The number of carbonyl (C=O) groups excluding carboxylic acids is 1. The van der Waals surface area contributed by atoms with Crippen LogP contribution in [0.2, 0.25) is 0 Å². The summed E-state index contributed by atoms with van der Waals surface area (Å²) in [6, 6.07) is 26.1. The molecule has 0 radical (unpaired) electrons. The Morgan fingerprint density at radius 1 is 0.912 bits per heavy atom. The first-order valence-electron chi connectivity index (χ1n) is 10.9. The van der Waals surface area contributed by atoms with Crippen molar-refractivity contribution in [2.24, 2.45) is 0 Å². The molecule has 34 heavy (non-hydrogen) atoms. The first-order chi connectivity index (χ1) is 16.5. The Labute approximate surface area is 204 Å². The van der Waals surface area contributed by atoms with Gasteiger partial charge in [-0.3, -0.25) is 4.79 Å². The number of thiophene rings is 1. The molecule has 7 heteroatoms. The fraction of sp³-hybridized carbons (Fsp3) is 0.0741. The molecule has 0 spiro atoms. The van der Waals surface area contributed by atoms with Crippen LogP contribution in [0, 0.1) is 13.8 Å². The lowest BCUT2D eigenvalue weighted by Gasteiger charge is -2.05. The Kier molecular flexibility index (Phi) is 5.01. The van der Waals surface area contributed by atoms with Crippen LogP contribution in [0.3, 0.4) is 0 Å². The summed E-state index contributed by atoms with van der Waals surface area (Å²) in [5.41, 5.74) is 5.92. The first kappa shape index (κ1) is 20.8. The zero-order chi connectivity index (χ0) is 23.2. The number of thiazole rings is 1. The number of hydrogen-bond donors (Lipinski definition) is 1. The highest BCUT2D eigenvalue weighted by molar-refractivity contribution is 7.21. The summed E-state index contributed by atoms with van der Waals surface area (Å²) in [6.07, 6.45) is 0. The van der Waals surface area contributed by atoms with Gasteiger partial charge < -0.3 is 5.32 Å². The number of rotatable bonds is 4. The molecule has 1 amide bonds. The van der Waals surface area contributed by atoms with E-state index in [9.17, 15) is 4.79 Å². The number of para-hydroxylation sites is 1. The van der Waals surface area contributed by atoms with Crippen LogP contribution in [0.5, 0.6) is 0 Å². The van der Waals surface area contributed by atoms with Gasteiger partial charge in [0.05, 0.1) is 26.5 Å². The Morgan fingerprint density at radius 3 is 2.50 bits per heavy atom. The Morgan fingerprint density at radius 2 is 1.71 bits per heavy atom. The van der Waals surface area contributed by atoms with E-state index in [4.69, 9.17) is 4.98 Å². The van der Waals surface area contributed by atoms with E-state index in [1.165, 1.54) is 21.6 Å². The maximum absolute atomic E-state index is 13.0. The standard InChI is InChI=1S/C27H20N4OS2/c1-16-8-13-22-23(14-16)33-26(29-22)18-9-11-19(12-10-18)28-25(32)24-15-21-17(2)30-31(27(21)34-24)20-6-4-3-5-7-20/h3-15H,1-2H3,(H,28,32). The van der Waals surface area contributed by atoms with Crippen molar-refractivity contribution in [1.82, 2.24) is 14.8 Å². The molecule has 0 aliphatic rings. The minimum atomic E-state index is -0.122. The third-order valence-electron chi connectivity index (χ3n) is 5.70. The number of hydrogen-bond acceptors (Lipinski definition) is 5. The maximum atomic E-state index is 13.0. The molecule has 3 heterocycles. The molecule has 166 valence electrons. The molecule has 0 aliphatic heterocycles. The van der Waals surface area contributed by atoms with E-state index in [1.807, 2.05) is 72.3 Å². The first-order valence-corrected chi connectivity index (χ1v) is 12.5. The van der Waals surface area contributed by atoms with Gasteiger partial charge in [-0.1, -0.05) is 24.3 Å². The Bertz CT molecular complexity index is 1660. The molecule has 0 unspecified atom stereocenters. The van der Waals surface area contributed by atoms with E-state index < -0.39 is 0 Å². The molecule has 0 atom stereocenters. The highest BCUT2D eigenvalue weighted by Crippen LogP contribution is 2.33. The van der Waals surface area contributed by atoms with Crippen LogP contribution in [-0.4, -0.2) is 20.7 Å². The number of nitrogens with one attached hydrogen (secondary N) is 1. The number of fused-ring (bicyclic) bond motifs is 2. The molecule has 3 aromatic carbocycles. The minimum Gasteiger partial charge on any atom is -0.321 e. The van der Waals surface area contributed by atoms with Crippen molar-refractivity contribution < 1.29 is 4.79 Å². The smallest absolute Gasteiger partial charge is 0.265 e. The molecular weight excluding hydrogens is 460 g/mol. The van der Waals surface area contributed by atoms with Gasteiger partial charge in [-0.25, -0.2) is 9.67 Å². The molecule has 0 saturated heterocycles. The van der Waals surface area contributed by atoms with Crippen molar-refractivity contribution >= 4 is 54.7 Å². The van der Waals surface area contributed by atoms with Crippen LogP contribution in [0.15, 0.2) is 78.9 Å². The second kappa shape index (κ2) is 8.20. The normalized spacial score (nSPS) is 11.4. The highest BCUT2D eigenvalue weighted by atomic mass is 32.1. The molecule has 1 N–H and O–H groups in total. The lowest BCUT2D eigenvalue weighted by atomic mass is 10.2. The number of nitrogens with zero attached hydrogens (tertiary/aromatic N) is 3. The molecule has 0 aliphatic carbocycles. The SMILES string of the molecule is Cc1ccc2nc(-c3ccc(NC(=O)c4cc5c(C)nn(-c6ccccc6)c5s4)cc3)sc2c1. The van der Waals surface area contributed by atoms with Gasteiger partial charge >= 0.3 is 0 Å². The lowest BCUT2D eigenvalue weighted by molar-refractivity contribution is 0.103. The van der Waals surface area contributed by atoms with Gasteiger partial charge in [0, 0.05) is 16.6 Å². The summed E-state index contributed by atoms with van der Waals surface area (Å²) in [5.74, 6) is -0.122. The van der Waals surface area contributed by atoms with E-state index in [-0.39, 0.29) is 5.91 Å². The van der Waals surface area contributed by atoms with Gasteiger partial charge in [-0.15, -0.1) is 22.7 Å². The number of anilines is 1. The summed E-state index contributed by atoms with van der Waals surface area (Å²) in [6.45, 7) is 4.06. The summed E-state index contributed by atoms with van der Waals surface area (Å²) < 4.78 is 3.09. The van der Waals surface area contributed by atoms with Crippen LogP contribution in [0.4, 0.5) is 5.69 Å². The van der Waals surface area contributed by atoms with Gasteiger partial charge in [0.1, 0.15) is 9.84 Å². The molecule has 6 rings (SSSR count). The number of carbonyl (C=O) groups is 1. The van der Waals surface area contributed by atoms with Crippen LogP contribution < -0.4 is 5.32 Å². The van der Waals surface area contributed by atoms with Crippen molar-refractivity contribution in [3.8, 4) is 16.3 Å². The lowest BCUT2D eigenvalue weighted by Crippen LogP contribution is -2.10. The second-order valence-corrected chi connectivity index (χ2v) is 10.2. The minimum absolute atomic E-state index is 0.122. The Balaban J connectivity index is 1.24. The van der Waals surface area contributed by atoms with E-state index >= 15 is 0 Å². The van der Waals surface area contributed by atoms with Crippen molar-refractivity contribution in [3.63, 3.8) is 0 Å². The molecular formula is C27H20N4OS2. The summed E-state index contributed by atoms with van der Waals surface area (Å²) in [5, 5.41) is 9.66. The van der Waals surface area contributed by atoms with Crippen molar-refractivity contribution in [3.05, 3.63) is 95.0 Å². The molecule has 0 fully saturated rings. The predicted octanol–water partition coefficient (Wildman–Crippen LogP) is 7.23. The summed E-state index contributed by atoms with van der Waals surface area (Å²) >= 11 is 3.13. The van der Waals surface area contributed by atoms with Gasteiger partial charge in [0.25, 0.3) is 5.91 Å². The zero-order valence-electron chi connectivity index (χ0n) is 18.6. The number of amides is 1. The molecule has 0 bridgehead atoms. The second-order valence-electron chi connectivity index (χ2n) is 8.18. The quantitative estimate of drug-likeness (QED) is 0.289. The van der Waals surface area contributed by atoms with Gasteiger partial charge in [0.2, 0.25) is 0 Å². The monoisotopic (exact) mass is 480 g/mol. The highest BCUT2D eigenvalue weighted by Gasteiger charge is 2.17. The van der Waals surface area contributed by atoms with E-state index in [1.54, 1.807) is 11.3 Å². The van der Waals surface area contributed by atoms with Crippen LogP contribution in [-0.2, 0) is 0 Å². The fourth-order valence-corrected chi connectivity index (χ4v) is 6.09.